The van der Waals surface area contributed by atoms with Gasteiger partial charge in [-0.1, -0.05) is 37.3 Å². The fraction of sp³-hybridized carbons (Fsp3) is 0.611. The van der Waals surface area contributed by atoms with Crippen LogP contribution in [0.4, 0.5) is 0 Å². The van der Waals surface area contributed by atoms with E-state index >= 15 is 0 Å². The van der Waals surface area contributed by atoms with Crippen LogP contribution in [0, 0.1) is 5.92 Å². The van der Waals surface area contributed by atoms with Gasteiger partial charge in [-0.15, -0.1) is 5.10 Å². The van der Waals surface area contributed by atoms with E-state index in [0.717, 1.165) is 44.9 Å². The van der Waals surface area contributed by atoms with E-state index in [0.29, 0.717) is 5.69 Å². The molecule has 1 aromatic carbocycles. The lowest BCUT2D eigenvalue weighted by Gasteiger charge is -2.37. The molecule has 0 spiro atoms. The number of nitrogens with two attached hydrogens (primary N) is 1. The number of hydrogen-bond acceptors (Lipinski definition) is 11. The maximum absolute atomic E-state index is 14.7. The minimum Gasteiger partial charge on any atom is -0.384 e. The summed E-state index contributed by atoms with van der Waals surface area (Å²) in [6, 6.07) is 3.38. The number of hydrogen-bond donors (Lipinski definition) is 4. The highest BCUT2D eigenvalue weighted by Gasteiger charge is 2.49. The number of ketones is 1. The Bertz CT molecular complexity index is 1910. The standard InChI is InChI=1S/C36H48N8O9S/c1-35(2,50)29-20-38-42-44(29)25-19-28(33(48)40-36(30(45)31(37)46)14-16-53-17-15-36)43(21-25)34(49)27(18-22-6-4-3-5-7-22)39-32(47)23-8-12-26(13-9-23)54(51,52)41-24-10-11-24/h8-9,12-13,20,22,24-25,28,41,50H,3-7,10-11,14-19,21H2,1-2H3,(H2,37,46)(H,40,48)/b39-27+/t25-,28-/m0/s1. The number of nitrogens with zero attached hydrogens (tertiary/aromatic N) is 5. The molecule has 2 atom stereocenters. The molecule has 6 rings (SSSR count). The zero-order valence-corrected chi connectivity index (χ0v) is 31.3. The Balaban J connectivity index is 1.34. The summed E-state index contributed by atoms with van der Waals surface area (Å²) in [5, 5.41) is 21.8. The van der Waals surface area contributed by atoms with Gasteiger partial charge in [-0.05, 0) is 63.3 Å². The Kier molecular flexibility index (Phi) is 11.5. The number of aliphatic hydroxyl groups is 1. The molecule has 292 valence electrons. The van der Waals surface area contributed by atoms with Gasteiger partial charge < -0.3 is 25.8 Å². The number of carbonyl (C=O) groups is 5. The molecular weight excluding hydrogens is 721 g/mol. The predicted octanol–water partition coefficient (Wildman–Crippen LogP) is 1.06. The summed E-state index contributed by atoms with van der Waals surface area (Å²) in [6.45, 7) is 3.21. The molecule has 2 saturated carbocycles. The van der Waals surface area contributed by atoms with Gasteiger partial charge in [-0.3, -0.25) is 24.0 Å². The van der Waals surface area contributed by atoms with E-state index in [-0.39, 0.29) is 73.6 Å². The van der Waals surface area contributed by atoms with Gasteiger partial charge in [0.05, 0.1) is 22.8 Å². The maximum Gasteiger partial charge on any atom is 0.287 e. The largest absolute Gasteiger partial charge is 0.384 e. The molecule has 4 aliphatic rings. The van der Waals surface area contributed by atoms with Crippen molar-refractivity contribution in [1.29, 1.82) is 0 Å². The van der Waals surface area contributed by atoms with Crippen LogP contribution in [0.3, 0.4) is 0 Å². The summed E-state index contributed by atoms with van der Waals surface area (Å²) in [5.41, 5.74) is 2.75. The lowest BCUT2D eigenvalue weighted by Crippen LogP contribution is -2.63. The number of nitrogens with one attached hydrogen (secondary N) is 2. The number of carbonyl (C=O) groups excluding carboxylic acids is 5. The molecule has 2 aliphatic carbocycles. The average molecular weight is 769 g/mol. The number of Topliss-reactive ketones (excluding diaryl/α,β-unsaturated/α-hetero) is 1. The lowest BCUT2D eigenvalue weighted by atomic mass is 9.84. The van der Waals surface area contributed by atoms with E-state index in [4.69, 9.17) is 10.5 Å². The van der Waals surface area contributed by atoms with Crippen molar-refractivity contribution in [2.24, 2.45) is 16.6 Å². The van der Waals surface area contributed by atoms with Crippen molar-refractivity contribution >= 4 is 45.1 Å². The third-order valence-electron chi connectivity index (χ3n) is 10.8. The molecule has 2 aromatic rings. The number of aromatic nitrogens is 3. The molecule has 4 amide bonds. The Labute approximate surface area is 313 Å². The average Bonchev–Trinajstić information content (AvgIpc) is 3.59. The first-order valence-corrected chi connectivity index (χ1v) is 20.0. The van der Waals surface area contributed by atoms with Crippen LogP contribution in [0.5, 0.6) is 0 Å². The molecule has 0 radical (unpaired) electrons. The summed E-state index contributed by atoms with van der Waals surface area (Å²) in [4.78, 5) is 73.6. The monoisotopic (exact) mass is 768 g/mol. The van der Waals surface area contributed by atoms with Crippen molar-refractivity contribution in [3.8, 4) is 0 Å². The smallest absolute Gasteiger partial charge is 0.287 e. The fourth-order valence-corrected chi connectivity index (χ4v) is 8.87. The molecule has 1 aromatic heterocycles. The number of primary amides is 1. The van der Waals surface area contributed by atoms with Crippen molar-refractivity contribution in [1.82, 2.24) is 29.9 Å². The molecule has 0 unspecified atom stereocenters. The fourth-order valence-electron chi connectivity index (χ4n) is 7.56. The van der Waals surface area contributed by atoms with Gasteiger partial charge in [0.25, 0.3) is 17.7 Å². The van der Waals surface area contributed by atoms with Crippen molar-refractivity contribution in [3.05, 3.63) is 41.7 Å². The van der Waals surface area contributed by atoms with Crippen LogP contribution in [0.2, 0.25) is 0 Å². The molecule has 4 fully saturated rings. The number of amides is 4. The van der Waals surface area contributed by atoms with Gasteiger partial charge in [-0.2, -0.15) is 0 Å². The van der Waals surface area contributed by atoms with Crippen LogP contribution in [-0.2, 0) is 39.5 Å². The van der Waals surface area contributed by atoms with Gasteiger partial charge in [0.1, 0.15) is 22.9 Å². The second-order valence-corrected chi connectivity index (χ2v) is 17.1. The Hall–Kier alpha value is -4.39. The summed E-state index contributed by atoms with van der Waals surface area (Å²) in [6.07, 6.45) is 7.68. The SMILES string of the molecule is CC(C)(O)c1cnnn1[C@H]1C[C@@H](C(=O)NC2(C(=O)C(N)=O)CCOCC2)N(C(=O)/C(CC2CCCCC2)=N/C(=O)c2ccc(S(=O)(=O)NC3CC3)cc2)C1. The van der Waals surface area contributed by atoms with Crippen LogP contribution < -0.4 is 15.8 Å². The first kappa shape index (κ1) is 39.3. The maximum atomic E-state index is 14.7. The first-order chi connectivity index (χ1) is 25.6. The molecule has 18 heteroatoms. The highest BCUT2D eigenvalue weighted by Crippen LogP contribution is 2.34. The number of ether oxygens (including phenoxy) is 1. The number of benzene rings is 1. The first-order valence-electron chi connectivity index (χ1n) is 18.5. The van der Waals surface area contributed by atoms with E-state index in [1.165, 1.54) is 40.0 Å². The third kappa shape index (κ3) is 8.77. The summed E-state index contributed by atoms with van der Waals surface area (Å²) >= 11 is 0. The molecule has 2 aliphatic heterocycles. The molecule has 3 heterocycles. The van der Waals surface area contributed by atoms with Gasteiger partial charge >= 0.3 is 0 Å². The molecule has 54 heavy (non-hydrogen) atoms. The van der Waals surface area contributed by atoms with Crippen LogP contribution in [-0.4, -0.2) is 106 Å². The van der Waals surface area contributed by atoms with Crippen LogP contribution in [0.25, 0.3) is 0 Å². The molecular formula is C36H48N8O9S. The predicted molar refractivity (Wildman–Crippen MR) is 192 cm³/mol. The zero-order chi connectivity index (χ0) is 38.8. The molecule has 17 nitrogen and oxygen atoms in total. The number of aliphatic imine (C=N–C) groups is 1. The highest BCUT2D eigenvalue weighted by molar-refractivity contribution is 7.89. The van der Waals surface area contributed by atoms with Crippen LogP contribution in [0.15, 0.2) is 40.4 Å². The van der Waals surface area contributed by atoms with Crippen LogP contribution in [0.1, 0.15) is 107 Å². The van der Waals surface area contributed by atoms with Crippen LogP contribution >= 0.6 is 0 Å². The molecule has 0 bridgehead atoms. The van der Waals surface area contributed by atoms with Crippen molar-refractivity contribution in [2.45, 2.75) is 119 Å². The second-order valence-electron chi connectivity index (χ2n) is 15.4. The number of rotatable bonds is 13. The van der Waals surface area contributed by atoms with Crippen molar-refractivity contribution in [3.63, 3.8) is 0 Å². The van der Waals surface area contributed by atoms with E-state index in [2.05, 4.69) is 25.3 Å². The normalized spacial score (nSPS) is 22.5. The van der Waals surface area contributed by atoms with E-state index < -0.39 is 62.7 Å². The summed E-state index contributed by atoms with van der Waals surface area (Å²) in [5.74, 6) is -4.27. The van der Waals surface area contributed by atoms with Gasteiger partial charge in [0.2, 0.25) is 21.7 Å². The minimum absolute atomic E-state index is 0.000974. The number of likely N-dealkylation sites (tertiary alicyclic amines) is 1. The number of sulfonamides is 1. The molecule has 2 saturated heterocycles. The summed E-state index contributed by atoms with van der Waals surface area (Å²) < 4.78 is 34.9. The minimum atomic E-state index is -3.76. The third-order valence-corrected chi connectivity index (χ3v) is 12.3. The van der Waals surface area contributed by atoms with Crippen molar-refractivity contribution in [2.75, 3.05) is 19.8 Å². The Morgan fingerprint density at radius 1 is 1.04 bits per heavy atom. The second kappa shape index (κ2) is 15.8. The zero-order valence-electron chi connectivity index (χ0n) is 30.5. The topological polar surface area (TPSA) is 245 Å². The Morgan fingerprint density at radius 3 is 2.31 bits per heavy atom. The molecule has 5 N–H and O–H groups in total. The highest BCUT2D eigenvalue weighted by atomic mass is 32.2. The van der Waals surface area contributed by atoms with Crippen molar-refractivity contribution < 1.29 is 42.2 Å². The lowest BCUT2D eigenvalue weighted by molar-refractivity contribution is -0.146. The van der Waals surface area contributed by atoms with E-state index in [9.17, 15) is 37.5 Å². The van der Waals surface area contributed by atoms with E-state index in [1.807, 2.05) is 0 Å². The van der Waals surface area contributed by atoms with Gasteiger partial charge in [0.15, 0.2) is 0 Å². The van der Waals surface area contributed by atoms with E-state index in [1.54, 1.807) is 13.8 Å². The quantitative estimate of drug-likeness (QED) is 0.166. The van der Waals surface area contributed by atoms with Gasteiger partial charge in [-0.25, -0.2) is 22.8 Å². The Morgan fingerprint density at radius 2 is 1.70 bits per heavy atom. The summed E-state index contributed by atoms with van der Waals surface area (Å²) in [7, 11) is -3.76. The van der Waals surface area contributed by atoms with Gasteiger partial charge in [0, 0.05) is 50.6 Å².